The Morgan fingerprint density at radius 2 is 1.72 bits per heavy atom. The Hall–Kier alpha value is -2.28. The first-order chi connectivity index (χ1) is 17.2. The standard InChI is InChI=1S/C29H46N2O5/c1-6-9-14-30(15-10-7-2)26(32)19-31-18-22(21-11-12-24-25(16-21)36-20-35-24)27(28(33)34)23(31)17-29(4,5)13-8-3/h11-12,16,22-23,27H,6-10,13-15,17-20H2,1-5H3,(H,33,34)/t22-,23-,27+/m1/s1. The molecule has 7 heteroatoms. The molecule has 2 heterocycles. The van der Waals surface area contributed by atoms with Crippen LogP contribution in [0.15, 0.2) is 18.2 Å². The van der Waals surface area contributed by atoms with Crippen molar-refractivity contribution in [3.05, 3.63) is 23.8 Å². The van der Waals surface area contributed by atoms with Gasteiger partial charge in [-0.2, -0.15) is 0 Å². The summed E-state index contributed by atoms with van der Waals surface area (Å²) in [5, 5.41) is 10.5. The Morgan fingerprint density at radius 1 is 1.06 bits per heavy atom. The van der Waals surface area contributed by atoms with E-state index in [1.807, 2.05) is 23.1 Å². The molecule has 1 saturated heterocycles. The summed E-state index contributed by atoms with van der Waals surface area (Å²) in [6, 6.07) is 5.56. The first kappa shape index (κ1) is 28.3. The predicted octanol–water partition coefficient (Wildman–Crippen LogP) is 5.53. The number of hydrogen-bond acceptors (Lipinski definition) is 5. The lowest BCUT2D eigenvalue weighted by Gasteiger charge is -2.35. The maximum Gasteiger partial charge on any atom is 0.308 e. The number of amides is 1. The summed E-state index contributed by atoms with van der Waals surface area (Å²) in [4.78, 5) is 30.4. The number of carboxylic acids is 1. The molecule has 3 rings (SSSR count). The molecule has 0 radical (unpaired) electrons. The lowest BCUT2D eigenvalue weighted by atomic mass is 9.76. The number of carboxylic acid groups (broad SMARTS) is 1. The average molecular weight is 503 g/mol. The molecule has 202 valence electrons. The van der Waals surface area contributed by atoms with Crippen molar-refractivity contribution in [3.8, 4) is 11.5 Å². The van der Waals surface area contributed by atoms with Crippen molar-refractivity contribution in [2.45, 2.75) is 91.5 Å². The van der Waals surface area contributed by atoms with Gasteiger partial charge in [0.05, 0.1) is 12.5 Å². The SMILES string of the molecule is CCCCN(CCCC)C(=O)CN1C[C@H](c2ccc3c(c2)OCO3)[C@H](C(=O)O)[C@H]1CC(C)(C)CCC. The van der Waals surface area contributed by atoms with E-state index in [4.69, 9.17) is 9.47 Å². The van der Waals surface area contributed by atoms with Gasteiger partial charge in [-0.15, -0.1) is 0 Å². The average Bonchev–Trinajstić information content (AvgIpc) is 3.43. The molecule has 2 aliphatic heterocycles. The highest BCUT2D eigenvalue weighted by atomic mass is 16.7. The van der Waals surface area contributed by atoms with Gasteiger partial charge in [-0.1, -0.05) is 59.9 Å². The smallest absolute Gasteiger partial charge is 0.308 e. The van der Waals surface area contributed by atoms with Crippen LogP contribution in [0.3, 0.4) is 0 Å². The van der Waals surface area contributed by atoms with E-state index in [0.29, 0.717) is 18.0 Å². The number of benzene rings is 1. The number of carbonyl (C=O) groups is 2. The Labute approximate surface area is 217 Å². The molecule has 1 aromatic rings. The largest absolute Gasteiger partial charge is 0.481 e. The third-order valence-electron chi connectivity index (χ3n) is 7.80. The van der Waals surface area contributed by atoms with Gasteiger partial charge in [-0.05, 0) is 48.8 Å². The molecule has 2 aliphatic rings. The molecule has 1 N–H and O–H groups in total. The summed E-state index contributed by atoms with van der Waals surface area (Å²) in [7, 11) is 0. The van der Waals surface area contributed by atoms with E-state index in [9.17, 15) is 14.7 Å². The van der Waals surface area contributed by atoms with Gasteiger partial charge in [-0.3, -0.25) is 14.5 Å². The number of carbonyl (C=O) groups excluding carboxylic acids is 1. The Bertz CT molecular complexity index is 878. The van der Waals surface area contributed by atoms with Crippen molar-refractivity contribution in [2.75, 3.05) is 33.0 Å². The number of unbranched alkanes of at least 4 members (excludes halogenated alkanes) is 2. The zero-order valence-electron chi connectivity index (χ0n) is 22.9. The van der Waals surface area contributed by atoms with Crippen molar-refractivity contribution in [1.82, 2.24) is 9.80 Å². The van der Waals surface area contributed by atoms with Crippen molar-refractivity contribution < 1.29 is 24.2 Å². The first-order valence-electron chi connectivity index (χ1n) is 13.8. The number of likely N-dealkylation sites (tertiary alicyclic amines) is 1. The first-order valence-corrected chi connectivity index (χ1v) is 13.8. The van der Waals surface area contributed by atoms with Crippen molar-refractivity contribution in [1.29, 1.82) is 0 Å². The highest BCUT2D eigenvalue weighted by Crippen LogP contribution is 2.45. The normalized spacial score (nSPS) is 21.6. The quantitative estimate of drug-likeness (QED) is 0.360. The van der Waals surface area contributed by atoms with Crippen LogP contribution in [-0.2, 0) is 9.59 Å². The van der Waals surface area contributed by atoms with Crippen molar-refractivity contribution in [2.24, 2.45) is 11.3 Å². The molecule has 0 bridgehead atoms. The minimum absolute atomic E-state index is 0.0116. The Morgan fingerprint density at radius 3 is 2.33 bits per heavy atom. The van der Waals surface area contributed by atoms with Crippen LogP contribution >= 0.6 is 0 Å². The Kier molecular flexibility index (Phi) is 10.1. The molecule has 0 spiro atoms. The van der Waals surface area contributed by atoms with Crippen LogP contribution in [0.2, 0.25) is 0 Å². The highest BCUT2D eigenvalue weighted by molar-refractivity contribution is 5.79. The van der Waals surface area contributed by atoms with E-state index >= 15 is 0 Å². The summed E-state index contributed by atoms with van der Waals surface area (Å²) < 4.78 is 11.1. The topological polar surface area (TPSA) is 79.3 Å². The van der Waals surface area contributed by atoms with Gasteiger partial charge in [0.1, 0.15) is 0 Å². The van der Waals surface area contributed by atoms with Crippen LogP contribution in [0, 0.1) is 11.3 Å². The molecule has 1 fully saturated rings. The maximum atomic E-state index is 13.5. The molecular formula is C29H46N2O5. The third kappa shape index (κ3) is 6.93. The molecule has 0 aliphatic carbocycles. The molecule has 1 aromatic carbocycles. The van der Waals surface area contributed by atoms with Gasteiger partial charge in [0, 0.05) is 31.6 Å². The second-order valence-corrected chi connectivity index (χ2v) is 11.3. The number of fused-ring (bicyclic) bond motifs is 1. The summed E-state index contributed by atoms with van der Waals surface area (Å²) in [5.41, 5.74) is 0.927. The molecule has 1 amide bonds. The number of rotatable bonds is 14. The molecular weight excluding hydrogens is 456 g/mol. The number of ether oxygens (including phenoxy) is 2. The van der Waals surface area contributed by atoms with Crippen LogP contribution < -0.4 is 9.47 Å². The van der Waals surface area contributed by atoms with E-state index in [0.717, 1.165) is 63.6 Å². The van der Waals surface area contributed by atoms with Gasteiger partial charge < -0.3 is 19.5 Å². The van der Waals surface area contributed by atoms with E-state index in [1.165, 1.54) is 0 Å². The fraction of sp³-hybridized carbons (Fsp3) is 0.724. The second kappa shape index (κ2) is 12.8. The number of aliphatic carboxylic acids is 1. The van der Waals surface area contributed by atoms with E-state index < -0.39 is 11.9 Å². The van der Waals surface area contributed by atoms with Crippen LogP contribution in [0.25, 0.3) is 0 Å². The molecule has 0 unspecified atom stereocenters. The van der Waals surface area contributed by atoms with Gasteiger partial charge in [0.2, 0.25) is 12.7 Å². The zero-order valence-corrected chi connectivity index (χ0v) is 22.9. The fourth-order valence-electron chi connectivity index (χ4n) is 5.91. The minimum Gasteiger partial charge on any atom is -0.481 e. The van der Waals surface area contributed by atoms with E-state index in [-0.39, 0.29) is 36.6 Å². The van der Waals surface area contributed by atoms with Gasteiger partial charge in [0.25, 0.3) is 0 Å². The summed E-state index contributed by atoms with van der Waals surface area (Å²) in [6.07, 6.45) is 6.87. The molecule has 0 aromatic heterocycles. The van der Waals surface area contributed by atoms with Crippen LogP contribution in [0.5, 0.6) is 11.5 Å². The van der Waals surface area contributed by atoms with Gasteiger partial charge in [-0.25, -0.2) is 0 Å². The lowest BCUT2D eigenvalue weighted by Crippen LogP contribution is -2.46. The number of nitrogens with zero attached hydrogens (tertiary/aromatic N) is 2. The van der Waals surface area contributed by atoms with Crippen LogP contribution in [0.4, 0.5) is 0 Å². The summed E-state index contributed by atoms with van der Waals surface area (Å²) >= 11 is 0. The molecule has 3 atom stereocenters. The second-order valence-electron chi connectivity index (χ2n) is 11.3. The maximum absolute atomic E-state index is 13.5. The Balaban J connectivity index is 1.90. The van der Waals surface area contributed by atoms with Crippen LogP contribution in [0.1, 0.15) is 91.0 Å². The highest BCUT2D eigenvalue weighted by Gasteiger charge is 2.48. The third-order valence-corrected chi connectivity index (χ3v) is 7.80. The van der Waals surface area contributed by atoms with Crippen LogP contribution in [-0.4, -0.2) is 65.8 Å². The summed E-state index contributed by atoms with van der Waals surface area (Å²) in [5.74, 6) is -0.122. The van der Waals surface area contributed by atoms with Crippen molar-refractivity contribution >= 4 is 11.9 Å². The molecule has 7 nitrogen and oxygen atoms in total. The fourth-order valence-corrected chi connectivity index (χ4v) is 5.91. The summed E-state index contributed by atoms with van der Waals surface area (Å²) in [6.45, 7) is 13.4. The minimum atomic E-state index is -0.793. The van der Waals surface area contributed by atoms with Crippen molar-refractivity contribution in [3.63, 3.8) is 0 Å². The zero-order chi connectivity index (χ0) is 26.3. The van der Waals surface area contributed by atoms with Gasteiger partial charge in [0.15, 0.2) is 11.5 Å². The van der Waals surface area contributed by atoms with E-state index in [1.54, 1.807) is 0 Å². The molecule has 36 heavy (non-hydrogen) atoms. The van der Waals surface area contributed by atoms with Gasteiger partial charge >= 0.3 is 5.97 Å². The number of hydrogen-bond donors (Lipinski definition) is 1. The predicted molar refractivity (Wildman–Crippen MR) is 141 cm³/mol. The van der Waals surface area contributed by atoms with E-state index in [2.05, 4.69) is 39.5 Å². The lowest BCUT2D eigenvalue weighted by molar-refractivity contribution is -0.144. The molecule has 0 saturated carbocycles. The monoisotopic (exact) mass is 502 g/mol.